The van der Waals surface area contributed by atoms with E-state index in [1.54, 1.807) is 69.3 Å². The molecule has 1 aliphatic rings. The Kier molecular flexibility index (Phi) is 13.7. The van der Waals surface area contributed by atoms with Crippen LogP contribution in [0.5, 0.6) is 23.0 Å². The normalized spacial score (nSPS) is 14.7. The third-order valence-corrected chi connectivity index (χ3v) is 8.01. The number of carbonyl (C=O) groups is 3. The van der Waals surface area contributed by atoms with Crippen molar-refractivity contribution in [3.05, 3.63) is 91.7 Å². The number of esters is 2. The number of hydrazone groups is 1. The molecule has 50 heavy (non-hydrogen) atoms. The molecule has 1 heterocycles. The molecule has 14 nitrogen and oxygen atoms in total. The van der Waals surface area contributed by atoms with Crippen molar-refractivity contribution in [1.82, 2.24) is 16.1 Å². The molecule has 0 unspecified atom stereocenters. The first-order valence-electron chi connectivity index (χ1n) is 15.6. The van der Waals surface area contributed by atoms with Crippen LogP contribution in [0.15, 0.2) is 71.0 Å². The van der Waals surface area contributed by atoms with Gasteiger partial charge in [0.05, 0.1) is 54.4 Å². The van der Waals surface area contributed by atoms with E-state index in [0.717, 1.165) is 9.13 Å². The number of carbonyl (C=O) groups excluding carboxylic acids is 3. The Morgan fingerprint density at radius 3 is 2.42 bits per heavy atom. The van der Waals surface area contributed by atoms with Crippen LogP contribution in [0.1, 0.15) is 53.9 Å². The molecule has 0 spiro atoms. The number of nitrogens with zero attached hydrogens (tertiary/aromatic N) is 1. The first kappa shape index (κ1) is 37.8. The van der Waals surface area contributed by atoms with Gasteiger partial charge in [0.1, 0.15) is 13.2 Å². The Labute approximate surface area is 303 Å². The molecule has 0 fully saturated rings. The van der Waals surface area contributed by atoms with E-state index in [-0.39, 0.29) is 24.8 Å². The summed E-state index contributed by atoms with van der Waals surface area (Å²) < 4.78 is 33.9. The molecular formula is C35H39IN4O10. The van der Waals surface area contributed by atoms with Crippen molar-refractivity contribution in [3.63, 3.8) is 0 Å². The van der Waals surface area contributed by atoms with Gasteiger partial charge in [-0.1, -0.05) is 18.2 Å². The average Bonchev–Trinajstić information content (AvgIpc) is 3.10. The number of allylic oxidation sites excluding steroid dienone is 1. The lowest BCUT2D eigenvalue weighted by atomic mass is 9.95. The highest BCUT2D eigenvalue weighted by Gasteiger charge is 2.32. The minimum atomic E-state index is -1.18. The monoisotopic (exact) mass is 802 g/mol. The third kappa shape index (κ3) is 9.78. The second-order valence-electron chi connectivity index (χ2n) is 10.7. The second kappa shape index (κ2) is 18.1. The van der Waals surface area contributed by atoms with E-state index in [2.05, 4.69) is 43.8 Å². The average molecular weight is 803 g/mol. The summed E-state index contributed by atoms with van der Waals surface area (Å²) in [4.78, 5) is 36.6. The summed E-state index contributed by atoms with van der Waals surface area (Å²) in [6.45, 7) is 5.89. The standard InChI is InChI=1S/C35H39IN4O10/c1-6-47-27-16-24(31-30(34(43)46-5)20(3)38-35(44)39-31)12-13-26(27)49-19-29(41)40-37-17-22-14-25(36)32(28(15-22)45-4)50-18-21-8-10-23(11-9-21)33(42)48-7-2/h8-17,29,31,40-41H,6-7,18-19H2,1-5H3,(H2,38,39,44)/b37-17+/t29-,31+/m1/s1. The number of aliphatic hydroxyl groups is 1. The molecule has 0 bridgehead atoms. The number of amides is 2. The van der Waals surface area contributed by atoms with Crippen molar-refractivity contribution < 1.29 is 47.9 Å². The second-order valence-corrected chi connectivity index (χ2v) is 11.8. The summed E-state index contributed by atoms with van der Waals surface area (Å²) in [6.07, 6.45) is 0.341. The number of ether oxygens (including phenoxy) is 6. The largest absolute Gasteiger partial charge is 0.493 e. The Balaban J connectivity index is 1.36. The number of halogens is 1. The number of rotatable bonds is 16. The molecule has 0 saturated heterocycles. The van der Waals surface area contributed by atoms with E-state index < -0.39 is 24.3 Å². The zero-order chi connectivity index (χ0) is 36.2. The van der Waals surface area contributed by atoms with Crippen LogP contribution in [-0.4, -0.2) is 69.6 Å². The van der Waals surface area contributed by atoms with Crippen LogP contribution in [0.3, 0.4) is 0 Å². The van der Waals surface area contributed by atoms with E-state index in [1.165, 1.54) is 20.4 Å². The van der Waals surface area contributed by atoms with Gasteiger partial charge in [0.2, 0.25) is 0 Å². The lowest BCUT2D eigenvalue weighted by molar-refractivity contribution is -0.136. The number of urea groups is 1. The van der Waals surface area contributed by atoms with E-state index in [0.29, 0.717) is 58.6 Å². The summed E-state index contributed by atoms with van der Waals surface area (Å²) in [5.41, 5.74) is 5.86. The molecule has 0 radical (unpaired) electrons. The van der Waals surface area contributed by atoms with E-state index >= 15 is 0 Å². The first-order chi connectivity index (χ1) is 24.1. The quantitative estimate of drug-likeness (QED) is 0.0525. The van der Waals surface area contributed by atoms with E-state index in [4.69, 9.17) is 28.4 Å². The van der Waals surface area contributed by atoms with E-state index in [1.807, 2.05) is 6.07 Å². The van der Waals surface area contributed by atoms with Crippen molar-refractivity contribution in [3.8, 4) is 23.0 Å². The maximum Gasteiger partial charge on any atom is 0.338 e. The van der Waals surface area contributed by atoms with Crippen LogP contribution in [0.4, 0.5) is 4.79 Å². The van der Waals surface area contributed by atoms with Gasteiger partial charge in [0.25, 0.3) is 0 Å². The zero-order valence-corrected chi connectivity index (χ0v) is 30.4. The summed E-state index contributed by atoms with van der Waals surface area (Å²) in [6, 6.07) is 14.3. The first-order valence-corrected chi connectivity index (χ1v) is 16.6. The van der Waals surface area contributed by atoms with Crippen LogP contribution >= 0.6 is 22.6 Å². The highest BCUT2D eigenvalue weighted by Crippen LogP contribution is 2.36. The molecule has 15 heteroatoms. The summed E-state index contributed by atoms with van der Waals surface area (Å²) in [5.74, 6) is 0.777. The minimum absolute atomic E-state index is 0.179. The van der Waals surface area contributed by atoms with Gasteiger partial charge in [-0.2, -0.15) is 5.10 Å². The fraction of sp³-hybridized carbons (Fsp3) is 0.314. The number of hydrogen-bond acceptors (Lipinski definition) is 12. The minimum Gasteiger partial charge on any atom is -0.493 e. The van der Waals surface area contributed by atoms with E-state index in [9.17, 15) is 19.5 Å². The van der Waals surface area contributed by atoms with Gasteiger partial charge in [0, 0.05) is 5.70 Å². The maximum atomic E-state index is 12.5. The van der Waals surface area contributed by atoms with Crippen molar-refractivity contribution in [2.75, 3.05) is 34.0 Å². The van der Waals surface area contributed by atoms with Gasteiger partial charge in [-0.05, 0) is 96.5 Å². The number of methoxy groups -OCH3 is 2. The predicted molar refractivity (Wildman–Crippen MR) is 191 cm³/mol. The highest BCUT2D eigenvalue weighted by molar-refractivity contribution is 14.1. The van der Waals surface area contributed by atoms with Crippen LogP contribution in [0.2, 0.25) is 0 Å². The van der Waals surface area contributed by atoms with Gasteiger partial charge in [0.15, 0.2) is 29.2 Å². The molecule has 3 aromatic carbocycles. The fourth-order valence-corrected chi connectivity index (χ4v) is 5.66. The van der Waals surface area contributed by atoms with Gasteiger partial charge in [-0.25, -0.2) is 14.4 Å². The summed E-state index contributed by atoms with van der Waals surface area (Å²) in [7, 11) is 2.80. The molecule has 0 saturated carbocycles. The molecular weight excluding hydrogens is 763 g/mol. The molecule has 1 aliphatic heterocycles. The van der Waals surface area contributed by atoms with Gasteiger partial charge >= 0.3 is 18.0 Å². The number of aliphatic hydroxyl groups excluding tert-OH is 1. The SMILES string of the molecule is CCOC(=O)c1ccc(COc2c(I)cc(/C=N/N[C@H](O)COc3ccc([C@@H]4NC(=O)NC(C)=C4C(=O)OC)cc3OCC)cc2OC)cc1. The van der Waals surface area contributed by atoms with Crippen LogP contribution < -0.4 is 35.0 Å². The molecule has 2 amide bonds. The predicted octanol–water partition coefficient (Wildman–Crippen LogP) is 4.58. The number of nitrogens with one attached hydrogen (secondary N) is 3. The van der Waals surface area contributed by atoms with Crippen molar-refractivity contribution >= 4 is 46.8 Å². The molecule has 2 atom stereocenters. The van der Waals surface area contributed by atoms with Crippen LogP contribution in [0.25, 0.3) is 0 Å². The number of hydrogen-bond donors (Lipinski definition) is 4. The number of benzene rings is 3. The molecule has 0 aliphatic carbocycles. The Morgan fingerprint density at radius 2 is 1.74 bits per heavy atom. The van der Waals surface area contributed by atoms with Crippen molar-refractivity contribution in [2.24, 2.45) is 5.10 Å². The molecule has 4 rings (SSSR count). The third-order valence-electron chi connectivity index (χ3n) is 7.21. The smallest absolute Gasteiger partial charge is 0.338 e. The Hall–Kier alpha value is -5.03. The maximum absolute atomic E-state index is 12.5. The molecule has 0 aromatic heterocycles. The Morgan fingerprint density at radius 1 is 0.980 bits per heavy atom. The van der Waals surface area contributed by atoms with Gasteiger partial charge < -0.3 is 44.2 Å². The van der Waals surface area contributed by atoms with Crippen molar-refractivity contribution in [1.29, 1.82) is 0 Å². The van der Waals surface area contributed by atoms with Crippen molar-refractivity contribution in [2.45, 2.75) is 39.6 Å². The molecule has 4 N–H and O–H groups in total. The van der Waals surface area contributed by atoms with Crippen LogP contribution in [0, 0.1) is 3.57 Å². The molecule has 266 valence electrons. The zero-order valence-electron chi connectivity index (χ0n) is 28.2. The Bertz CT molecular complexity index is 1750. The van der Waals surface area contributed by atoms with Crippen LogP contribution in [-0.2, 0) is 20.9 Å². The summed E-state index contributed by atoms with van der Waals surface area (Å²) >= 11 is 2.14. The highest BCUT2D eigenvalue weighted by atomic mass is 127. The lowest BCUT2D eigenvalue weighted by Crippen LogP contribution is -2.45. The fourth-order valence-electron chi connectivity index (χ4n) is 4.88. The molecule has 3 aromatic rings. The topological polar surface area (TPSA) is 175 Å². The lowest BCUT2D eigenvalue weighted by Gasteiger charge is -2.28. The van der Waals surface area contributed by atoms with Gasteiger partial charge in [-0.3, -0.25) is 5.43 Å². The van der Waals surface area contributed by atoms with Gasteiger partial charge in [-0.15, -0.1) is 0 Å². The summed E-state index contributed by atoms with van der Waals surface area (Å²) in [5, 5.41) is 20.0.